The molecule has 10 heteroatoms. The van der Waals surface area contributed by atoms with Gasteiger partial charge >= 0.3 is 6.18 Å². The molecule has 0 bridgehead atoms. The molecule has 1 aromatic carbocycles. The van der Waals surface area contributed by atoms with E-state index in [-0.39, 0.29) is 6.54 Å². The monoisotopic (exact) mass is 412 g/mol. The highest BCUT2D eigenvalue weighted by atomic mass is 19.4. The zero-order valence-corrected chi connectivity index (χ0v) is 15.4. The highest BCUT2D eigenvalue weighted by molar-refractivity contribution is 5.44. The van der Waals surface area contributed by atoms with Crippen LogP contribution in [0.25, 0.3) is 5.69 Å². The Hall–Kier alpha value is -3.95. The summed E-state index contributed by atoms with van der Waals surface area (Å²) >= 11 is 0. The van der Waals surface area contributed by atoms with Gasteiger partial charge < -0.3 is 10.1 Å². The number of alkyl halides is 3. The number of benzene rings is 1. The van der Waals surface area contributed by atoms with Crippen molar-refractivity contribution < 1.29 is 17.9 Å². The first kappa shape index (κ1) is 19.4. The first-order chi connectivity index (χ1) is 14.5. The molecule has 0 atom stereocenters. The van der Waals surface area contributed by atoms with Crippen LogP contribution in [-0.4, -0.2) is 25.0 Å². The maximum absolute atomic E-state index is 12.7. The molecule has 30 heavy (non-hydrogen) atoms. The molecular formula is C20H15F3N6O. The van der Waals surface area contributed by atoms with Gasteiger partial charge in [0.25, 0.3) is 0 Å². The molecule has 0 fully saturated rings. The summed E-state index contributed by atoms with van der Waals surface area (Å²) in [6, 6.07) is 13.2. The van der Waals surface area contributed by atoms with E-state index in [1.807, 2.05) is 12.1 Å². The lowest BCUT2D eigenvalue weighted by Crippen LogP contribution is -2.09. The number of pyridine rings is 2. The van der Waals surface area contributed by atoms with Crippen LogP contribution in [0.1, 0.15) is 11.4 Å². The molecule has 0 spiro atoms. The van der Waals surface area contributed by atoms with Crippen molar-refractivity contribution in [3.05, 3.63) is 84.7 Å². The van der Waals surface area contributed by atoms with E-state index in [1.54, 1.807) is 47.5 Å². The van der Waals surface area contributed by atoms with Crippen LogP contribution >= 0.6 is 0 Å². The Morgan fingerprint density at radius 1 is 1.00 bits per heavy atom. The molecule has 152 valence electrons. The van der Waals surface area contributed by atoms with Gasteiger partial charge in [0.05, 0.1) is 24.6 Å². The van der Waals surface area contributed by atoms with Crippen molar-refractivity contribution >= 4 is 5.69 Å². The van der Waals surface area contributed by atoms with Crippen LogP contribution in [0.5, 0.6) is 11.5 Å². The Bertz CT molecular complexity index is 1110. The van der Waals surface area contributed by atoms with E-state index in [2.05, 4.69) is 25.6 Å². The lowest BCUT2D eigenvalue weighted by atomic mass is 10.3. The quantitative estimate of drug-likeness (QED) is 0.503. The third-order valence-electron chi connectivity index (χ3n) is 4.04. The van der Waals surface area contributed by atoms with Crippen molar-refractivity contribution in [2.45, 2.75) is 12.7 Å². The molecule has 7 nitrogen and oxygen atoms in total. The Kier molecular flexibility index (Phi) is 5.29. The molecule has 0 unspecified atom stereocenters. The van der Waals surface area contributed by atoms with Crippen LogP contribution in [0, 0.1) is 0 Å². The third kappa shape index (κ3) is 4.72. The maximum Gasteiger partial charge on any atom is 0.433 e. The first-order valence-corrected chi connectivity index (χ1v) is 8.84. The highest BCUT2D eigenvalue weighted by Gasteiger charge is 2.32. The number of nitrogens with one attached hydrogen (secondary N) is 1. The smallest absolute Gasteiger partial charge is 0.433 e. The Morgan fingerprint density at radius 3 is 2.57 bits per heavy atom. The molecule has 0 amide bonds. The van der Waals surface area contributed by atoms with Crippen molar-refractivity contribution in [3.8, 4) is 17.2 Å². The Balaban J connectivity index is 1.39. The van der Waals surface area contributed by atoms with E-state index in [4.69, 9.17) is 4.74 Å². The minimum absolute atomic E-state index is 0.212. The second kappa shape index (κ2) is 8.19. The summed E-state index contributed by atoms with van der Waals surface area (Å²) in [6.07, 6.45) is 1.59. The van der Waals surface area contributed by atoms with Gasteiger partial charge in [-0.3, -0.25) is 9.97 Å². The van der Waals surface area contributed by atoms with Gasteiger partial charge in [-0.15, -0.1) is 5.10 Å². The van der Waals surface area contributed by atoms with Gasteiger partial charge in [0.15, 0.2) is 0 Å². The average molecular weight is 412 g/mol. The molecule has 3 aromatic heterocycles. The number of hydrogen-bond acceptors (Lipinski definition) is 6. The van der Waals surface area contributed by atoms with E-state index >= 15 is 0 Å². The first-order valence-electron chi connectivity index (χ1n) is 8.84. The fraction of sp³-hybridized carbons (Fsp3) is 0.100. The second-order valence-corrected chi connectivity index (χ2v) is 6.22. The largest absolute Gasteiger partial charge is 0.456 e. The molecule has 0 aliphatic heterocycles. The number of ether oxygens (including phenoxy) is 1. The van der Waals surface area contributed by atoms with Crippen LogP contribution in [0.2, 0.25) is 0 Å². The lowest BCUT2D eigenvalue weighted by molar-refractivity contribution is -0.141. The zero-order chi connectivity index (χ0) is 21.0. The topological polar surface area (TPSA) is 77.8 Å². The minimum atomic E-state index is -4.49. The van der Waals surface area contributed by atoms with Gasteiger partial charge in [0.2, 0.25) is 0 Å². The summed E-state index contributed by atoms with van der Waals surface area (Å²) in [5.41, 5.74) is 0.667. The second-order valence-electron chi connectivity index (χ2n) is 6.22. The summed E-state index contributed by atoms with van der Waals surface area (Å²) in [5.74, 6) is 1.27. The number of aromatic nitrogens is 5. The molecule has 0 saturated carbocycles. The van der Waals surface area contributed by atoms with E-state index in [0.29, 0.717) is 22.9 Å². The van der Waals surface area contributed by atoms with Crippen LogP contribution in [0.15, 0.2) is 73.3 Å². The molecule has 3 heterocycles. The summed E-state index contributed by atoms with van der Waals surface area (Å²) in [5, 5.41) is 11.0. The molecule has 0 aliphatic carbocycles. The molecule has 4 rings (SSSR count). The summed E-state index contributed by atoms with van der Waals surface area (Å²) in [4.78, 5) is 7.32. The van der Waals surface area contributed by atoms with Crippen LogP contribution in [-0.2, 0) is 12.7 Å². The van der Waals surface area contributed by atoms with E-state index in [9.17, 15) is 13.2 Å². The van der Waals surface area contributed by atoms with Crippen LogP contribution in [0.4, 0.5) is 18.9 Å². The van der Waals surface area contributed by atoms with Gasteiger partial charge in [-0.2, -0.15) is 13.2 Å². The maximum atomic E-state index is 12.7. The van der Waals surface area contributed by atoms with E-state index < -0.39 is 11.9 Å². The fourth-order valence-corrected chi connectivity index (χ4v) is 2.60. The van der Waals surface area contributed by atoms with E-state index in [0.717, 1.165) is 18.0 Å². The molecule has 0 radical (unpaired) electrons. The number of anilines is 1. The number of rotatable bonds is 6. The van der Waals surface area contributed by atoms with Crippen molar-refractivity contribution in [2.24, 2.45) is 0 Å². The predicted molar refractivity (Wildman–Crippen MR) is 102 cm³/mol. The van der Waals surface area contributed by atoms with Gasteiger partial charge in [-0.1, -0.05) is 5.21 Å². The summed E-state index contributed by atoms with van der Waals surface area (Å²) in [7, 11) is 0. The fourth-order valence-electron chi connectivity index (χ4n) is 2.60. The predicted octanol–water partition coefficient (Wildman–Crippen LogP) is 4.48. The van der Waals surface area contributed by atoms with Crippen molar-refractivity contribution in [3.63, 3.8) is 0 Å². The third-order valence-corrected chi connectivity index (χ3v) is 4.04. The van der Waals surface area contributed by atoms with Gasteiger partial charge in [0, 0.05) is 18.1 Å². The lowest BCUT2D eigenvalue weighted by Gasteiger charge is -2.08. The standard InChI is InChI=1S/C20H15F3N6O/c21-20(22,23)19-10-14(7-9-25-19)26-11-15-13-29(28-27-15)16-3-5-17(6-4-16)30-18-2-1-8-24-12-18/h1-10,12-13H,11H2,(H,25,26). The van der Waals surface area contributed by atoms with Crippen molar-refractivity contribution in [1.29, 1.82) is 0 Å². The highest BCUT2D eigenvalue weighted by Crippen LogP contribution is 2.29. The van der Waals surface area contributed by atoms with Crippen LogP contribution < -0.4 is 10.1 Å². The molecule has 4 aromatic rings. The molecule has 0 aliphatic rings. The molecular weight excluding hydrogens is 397 g/mol. The number of hydrogen-bond donors (Lipinski definition) is 1. The molecule has 1 N–H and O–H groups in total. The van der Waals surface area contributed by atoms with Crippen molar-refractivity contribution in [2.75, 3.05) is 5.32 Å². The minimum Gasteiger partial charge on any atom is -0.456 e. The SMILES string of the molecule is FC(F)(F)c1cc(NCc2cn(-c3ccc(Oc4cccnc4)cc3)nn2)ccn1. The van der Waals surface area contributed by atoms with Crippen LogP contribution in [0.3, 0.4) is 0 Å². The summed E-state index contributed by atoms with van der Waals surface area (Å²) < 4.78 is 45.5. The van der Waals surface area contributed by atoms with Crippen molar-refractivity contribution in [1.82, 2.24) is 25.0 Å². The average Bonchev–Trinajstić information content (AvgIpc) is 3.22. The summed E-state index contributed by atoms with van der Waals surface area (Å²) in [6.45, 7) is 0.212. The normalized spacial score (nSPS) is 11.3. The van der Waals surface area contributed by atoms with E-state index in [1.165, 1.54) is 6.07 Å². The van der Waals surface area contributed by atoms with Gasteiger partial charge in [0.1, 0.15) is 22.9 Å². The zero-order valence-electron chi connectivity index (χ0n) is 15.4. The Labute approximate surface area is 169 Å². The number of halogens is 3. The Morgan fingerprint density at radius 2 is 1.83 bits per heavy atom. The van der Waals surface area contributed by atoms with Gasteiger partial charge in [-0.05, 0) is 48.5 Å². The number of nitrogens with zero attached hydrogens (tertiary/aromatic N) is 5. The van der Waals surface area contributed by atoms with Gasteiger partial charge in [-0.25, -0.2) is 4.68 Å². The molecule has 0 saturated heterocycles.